The molecule has 0 saturated carbocycles. The first kappa shape index (κ1) is 13.1. The molecule has 0 heterocycles. The van der Waals surface area contributed by atoms with Crippen LogP contribution in [0.4, 0.5) is 4.79 Å². The summed E-state index contributed by atoms with van der Waals surface area (Å²) in [5.41, 5.74) is 2.21. The molecule has 0 aliphatic carbocycles. The second-order valence-corrected chi connectivity index (χ2v) is 4.82. The number of hydrogen-bond donors (Lipinski definition) is 1. The fourth-order valence-electron chi connectivity index (χ4n) is 1.97. The molecule has 2 rings (SSSR count). The molecule has 0 unspecified atom stereocenters. The largest absolute Gasteiger partial charge is 0.506 e. The maximum absolute atomic E-state index is 10.7. The van der Waals surface area contributed by atoms with Crippen molar-refractivity contribution in [2.24, 2.45) is 0 Å². The van der Waals surface area contributed by atoms with Crippen LogP contribution in [0.15, 0.2) is 54.6 Å². The normalized spacial score (nSPS) is 11.1. The van der Waals surface area contributed by atoms with E-state index in [4.69, 9.17) is 9.84 Å². The smallest absolute Gasteiger partial charge is 0.450 e. The topological polar surface area (TPSA) is 46.5 Å². The molecular weight excluding hydrogens is 240 g/mol. The lowest BCUT2D eigenvalue weighted by molar-refractivity contribution is 0.00103. The van der Waals surface area contributed by atoms with Crippen LogP contribution < -0.4 is 0 Å². The number of carbonyl (C=O) groups is 1. The minimum atomic E-state index is -1.27. The molecule has 2 aromatic rings. The van der Waals surface area contributed by atoms with Crippen molar-refractivity contribution in [1.29, 1.82) is 0 Å². The Hall–Kier alpha value is -2.29. The highest BCUT2D eigenvalue weighted by atomic mass is 16.7. The molecule has 3 nitrogen and oxygen atoms in total. The van der Waals surface area contributed by atoms with Gasteiger partial charge in [0.1, 0.15) is 5.60 Å². The highest BCUT2D eigenvalue weighted by Gasteiger charge is 2.24. The predicted octanol–water partition coefficient (Wildman–Crippen LogP) is 4.28. The van der Waals surface area contributed by atoms with Gasteiger partial charge in [0.2, 0.25) is 0 Å². The average Bonchev–Trinajstić information content (AvgIpc) is 2.38. The third-order valence-electron chi connectivity index (χ3n) is 3.03. The van der Waals surface area contributed by atoms with Crippen LogP contribution in [0.1, 0.15) is 19.4 Å². The lowest BCUT2D eigenvalue weighted by atomic mass is 9.95. The van der Waals surface area contributed by atoms with Crippen molar-refractivity contribution in [2.45, 2.75) is 19.4 Å². The van der Waals surface area contributed by atoms with Gasteiger partial charge in [-0.25, -0.2) is 4.79 Å². The molecule has 0 amide bonds. The minimum absolute atomic E-state index is 0.828. The fraction of sp³-hybridized carbons (Fsp3) is 0.188. The molecule has 1 N–H and O–H groups in total. The van der Waals surface area contributed by atoms with Crippen LogP contribution in [0.25, 0.3) is 11.1 Å². The van der Waals surface area contributed by atoms with E-state index in [1.807, 2.05) is 54.6 Å². The van der Waals surface area contributed by atoms with Crippen molar-refractivity contribution in [3.05, 3.63) is 60.2 Å². The van der Waals surface area contributed by atoms with Crippen LogP contribution in [-0.2, 0) is 10.3 Å². The lowest BCUT2D eigenvalue weighted by Crippen LogP contribution is -2.24. The summed E-state index contributed by atoms with van der Waals surface area (Å²) in [6.45, 7) is 3.47. The van der Waals surface area contributed by atoms with Crippen molar-refractivity contribution in [1.82, 2.24) is 0 Å². The van der Waals surface area contributed by atoms with E-state index in [1.54, 1.807) is 13.8 Å². The summed E-state index contributed by atoms with van der Waals surface area (Å²) in [5, 5.41) is 8.72. The first-order chi connectivity index (χ1) is 8.99. The zero-order valence-electron chi connectivity index (χ0n) is 11.0. The summed E-state index contributed by atoms with van der Waals surface area (Å²) < 4.78 is 4.89. The Kier molecular flexibility index (Phi) is 3.56. The molecule has 0 aliphatic heterocycles. The summed E-state index contributed by atoms with van der Waals surface area (Å²) in [7, 11) is 0. The molecule has 19 heavy (non-hydrogen) atoms. The van der Waals surface area contributed by atoms with Gasteiger partial charge in [-0.1, -0.05) is 54.6 Å². The lowest BCUT2D eigenvalue weighted by Gasteiger charge is -2.23. The van der Waals surface area contributed by atoms with Crippen molar-refractivity contribution >= 4 is 6.16 Å². The van der Waals surface area contributed by atoms with Gasteiger partial charge in [0.05, 0.1) is 0 Å². The van der Waals surface area contributed by atoms with Crippen molar-refractivity contribution in [2.75, 3.05) is 0 Å². The first-order valence-corrected chi connectivity index (χ1v) is 6.07. The minimum Gasteiger partial charge on any atom is -0.450 e. The van der Waals surface area contributed by atoms with E-state index in [1.165, 1.54) is 0 Å². The van der Waals surface area contributed by atoms with Gasteiger partial charge >= 0.3 is 6.16 Å². The van der Waals surface area contributed by atoms with Crippen molar-refractivity contribution in [3.63, 3.8) is 0 Å². The fourth-order valence-corrected chi connectivity index (χ4v) is 1.97. The highest BCUT2D eigenvalue weighted by molar-refractivity contribution is 5.64. The summed E-state index contributed by atoms with van der Waals surface area (Å²) >= 11 is 0. The molecule has 0 aliphatic rings. The molecule has 0 radical (unpaired) electrons. The van der Waals surface area contributed by atoms with E-state index < -0.39 is 11.8 Å². The van der Waals surface area contributed by atoms with Gasteiger partial charge in [-0.2, -0.15) is 0 Å². The molecule has 3 heteroatoms. The van der Waals surface area contributed by atoms with Crippen LogP contribution in [0, 0.1) is 0 Å². The zero-order valence-corrected chi connectivity index (χ0v) is 11.0. The van der Waals surface area contributed by atoms with Gasteiger partial charge in [-0.15, -0.1) is 0 Å². The van der Waals surface area contributed by atoms with Gasteiger partial charge in [-0.05, 0) is 30.5 Å². The van der Waals surface area contributed by atoms with E-state index in [-0.39, 0.29) is 0 Å². The number of rotatable bonds is 3. The van der Waals surface area contributed by atoms with Gasteiger partial charge in [0.25, 0.3) is 0 Å². The second-order valence-electron chi connectivity index (χ2n) is 4.82. The molecule has 0 spiro atoms. The van der Waals surface area contributed by atoms with E-state index in [0.29, 0.717) is 0 Å². The first-order valence-electron chi connectivity index (χ1n) is 6.07. The SMILES string of the molecule is CC(C)(OC(=O)O)c1ccc(-c2ccccc2)cc1. The van der Waals surface area contributed by atoms with Crippen molar-refractivity contribution < 1.29 is 14.6 Å². The maximum atomic E-state index is 10.7. The van der Waals surface area contributed by atoms with Crippen LogP contribution in [-0.4, -0.2) is 11.3 Å². The Morgan fingerprint density at radius 3 is 2.00 bits per heavy atom. The van der Waals surface area contributed by atoms with Gasteiger partial charge < -0.3 is 9.84 Å². The van der Waals surface area contributed by atoms with Crippen molar-refractivity contribution in [3.8, 4) is 11.1 Å². The van der Waals surface area contributed by atoms with Crippen LogP contribution in [0.5, 0.6) is 0 Å². The molecule has 0 aromatic heterocycles. The molecule has 0 atom stereocenters. The molecule has 0 bridgehead atoms. The Balaban J connectivity index is 2.26. The summed E-state index contributed by atoms with van der Waals surface area (Å²) in [6, 6.07) is 17.7. The Morgan fingerprint density at radius 1 is 0.947 bits per heavy atom. The van der Waals surface area contributed by atoms with Crippen LogP contribution in [0.2, 0.25) is 0 Å². The average molecular weight is 256 g/mol. The van der Waals surface area contributed by atoms with E-state index in [0.717, 1.165) is 16.7 Å². The number of carboxylic acid groups (broad SMARTS) is 1. The summed E-state index contributed by atoms with van der Waals surface area (Å²) in [4.78, 5) is 10.7. The third-order valence-corrected chi connectivity index (χ3v) is 3.03. The van der Waals surface area contributed by atoms with Gasteiger partial charge in [0, 0.05) is 0 Å². The third kappa shape index (κ3) is 3.13. The van der Waals surface area contributed by atoms with Gasteiger partial charge in [0.15, 0.2) is 0 Å². The molecule has 2 aromatic carbocycles. The Morgan fingerprint density at radius 2 is 1.47 bits per heavy atom. The second kappa shape index (κ2) is 5.14. The Bertz CT molecular complexity index is 556. The highest BCUT2D eigenvalue weighted by Crippen LogP contribution is 2.27. The quantitative estimate of drug-likeness (QED) is 0.833. The number of hydrogen-bond acceptors (Lipinski definition) is 2. The standard InChI is InChI=1S/C16H16O3/c1-16(2,19-15(17)18)14-10-8-13(9-11-14)12-6-4-3-5-7-12/h3-11H,1-2H3,(H,17,18). The van der Waals surface area contributed by atoms with E-state index >= 15 is 0 Å². The monoisotopic (exact) mass is 256 g/mol. The summed E-state index contributed by atoms with van der Waals surface area (Å²) in [6.07, 6.45) is -1.27. The molecular formula is C16H16O3. The summed E-state index contributed by atoms with van der Waals surface area (Å²) in [5.74, 6) is 0. The predicted molar refractivity (Wildman–Crippen MR) is 74.0 cm³/mol. The van der Waals surface area contributed by atoms with Crippen LogP contribution in [0.3, 0.4) is 0 Å². The molecule has 0 fully saturated rings. The van der Waals surface area contributed by atoms with E-state index in [2.05, 4.69) is 0 Å². The van der Waals surface area contributed by atoms with Crippen LogP contribution >= 0.6 is 0 Å². The zero-order chi connectivity index (χ0) is 13.9. The maximum Gasteiger partial charge on any atom is 0.506 e. The number of ether oxygens (including phenoxy) is 1. The number of benzene rings is 2. The molecule has 98 valence electrons. The van der Waals surface area contributed by atoms with Gasteiger partial charge in [-0.3, -0.25) is 0 Å². The Labute approximate surface area is 112 Å². The van der Waals surface area contributed by atoms with E-state index in [9.17, 15) is 4.79 Å². The molecule has 0 saturated heterocycles.